The zero-order chi connectivity index (χ0) is 15.0. The first kappa shape index (κ1) is 14.2. The van der Waals surface area contributed by atoms with Crippen LogP contribution in [0, 0.1) is 17.5 Å². The van der Waals surface area contributed by atoms with E-state index in [2.05, 4.69) is 0 Å². The number of benzene rings is 1. The third kappa shape index (κ3) is 2.28. The second kappa shape index (κ2) is 5.03. The number of likely N-dealkylation sites (tertiary alicyclic amines) is 1. The van der Waals surface area contributed by atoms with Gasteiger partial charge < -0.3 is 10.8 Å². The summed E-state index contributed by atoms with van der Waals surface area (Å²) in [5.41, 5.74) is 4.51. The van der Waals surface area contributed by atoms with Crippen molar-refractivity contribution in [3.8, 4) is 0 Å². The van der Waals surface area contributed by atoms with Crippen molar-refractivity contribution in [1.29, 1.82) is 0 Å². The number of nitrogens with two attached hydrogens (primary N) is 1. The highest BCUT2D eigenvalue weighted by atomic mass is 19.2. The van der Waals surface area contributed by atoms with Gasteiger partial charge in [-0.05, 0) is 18.6 Å². The maximum atomic E-state index is 13.7. The Balaban J connectivity index is 2.39. The van der Waals surface area contributed by atoms with Crippen LogP contribution in [0.4, 0.5) is 18.0 Å². The summed E-state index contributed by atoms with van der Waals surface area (Å²) in [4.78, 5) is 22.9. The van der Waals surface area contributed by atoms with Crippen LogP contribution in [0.1, 0.15) is 17.9 Å². The molecule has 2 atom stereocenters. The minimum Gasteiger partial charge on any atom is -0.465 e. The Morgan fingerprint density at radius 2 is 1.85 bits per heavy atom. The highest BCUT2D eigenvalue weighted by molar-refractivity contribution is 5.84. The fraction of sp³-hybridized carbons (Fsp3) is 0.333. The molecule has 0 aliphatic carbocycles. The smallest absolute Gasteiger partial charge is 0.407 e. The second-order valence-electron chi connectivity index (χ2n) is 4.54. The van der Waals surface area contributed by atoms with Gasteiger partial charge in [-0.25, -0.2) is 18.0 Å². The van der Waals surface area contributed by atoms with Crippen molar-refractivity contribution < 1.29 is 27.9 Å². The summed E-state index contributed by atoms with van der Waals surface area (Å²) in [6.45, 7) is -0.319. The predicted octanol–water partition coefficient (Wildman–Crippen LogP) is 1.43. The lowest BCUT2D eigenvalue weighted by molar-refractivity contribution is -0.121. The molecule has 2 amide bonds. The molecule has 1 aromatic carbocycles. The molecule has 1 fully saturated rings. The SMILES string of the molecule is NC(=O)C1CC(c2c(F)ccc(F)c2F)CN1C(=O)O. The maximum absolute atomic E-state index is 13.7. The van der Waals surface area contributed by atoms with Crippen LogP contribution in [0.5, 0.6) is 0 Å². The average Bonchev–Trinajstić information content (AvgIpc) is 2.79. The first-order valence-corrected chi connectivity index (χ1v) is 5.75. The van der Waals surface area contributed by atoms with Crippen LogP contribution < -0.4 is 5.73 Å². The third-order valence-electron chi connectivity index (χ3n) is 3.36. The van der Waals surface area contributed by atoms with Crippen LogP contribution >= 0.6 is 0 Å². The number of hydrogen-bond donors (Lipinski definition) is 2. The maximum Gasteiger partial charge on any atom is 0.407 e. The van der Waals surface area contributed by atoms with Crippen LogP contribution in [0.2, 0.25) is 0 Å². The van der Waals surface area contributed by atoms with Gasteiger partial charge in [0.1, 0.15) is 11.9 Å². The van der Waals surface area contributed by atoms with Gasteiger partial charge in [-0.2, -0.15) is 0 Å². The van der Waals surface area contributed by atoms with Gasteiger partial charge in [-0.3, -0.25) is 9.69 Å². The van der Waals surface area contributed by atoms with Gasteiger partial charge in [0.05, 0.1) is 0 Å². The second-order valence-corrected chi connectivity index (χ2v) is 4.54. The monoisotopic (exact) mass is 288 g/mol. The number of carbonyl (C=O) groups is 2. The number of halogens is 3. The number of nitrogens with zero attached hydrogens (tertiary/aromatic N) is 1. The summed E-state index contributed by atoms with van der Waals surface area (Å²) in [6, 6.07) is 0.222. The molecular weight excluding hydrogens is 277 g/mol. The largest absolute Gasteiger partial charge is 0.465 e. The lowest BCUT2D eigenvalue weighted by atomic mass is 9.95. The average molecular weight is 288 g/mol. The van der Waals surface area contributed by atoms with Gasteiger partial charge >= 0.3 is 6.09 Å². The summed E-state index contributed by atoms with van der Waals surface area (Å²) >= 11 is 0. The van der Waals surface area contributed by atoms with Gasteiger partial charge in [0.2, 0.25) is 5.91 Å². The Morgan fingerprint density at radius 1 is 1.25 bits per heavy atom. The summed E-state index contributed by atoms with van der Waals surface area (Å²) in [6.07, 6.45) is -1.60. The van der Waals surface area contributed by atoms with Crippen LogP contribution in [-0.2, 0) is 4.79 Å². The van der Waals surface area contributed by atoms with E-state index in [-0.39, 0.29) is 13.0 Å². The Kier molecular flexibility index (Phi) is 3.56. The standard InChI is InChI=1S/C12H11F3N2O3/c13-6-1-2-7(14)10(15)9(6)5-3-8(11(16)18)17(4-5)12(19)20/h1-2,5,8H,3-4H2,(H2,16,18)(H,19,20). The molecule has 8 heteroatoms. The minimum atomic E-state index is -1.42. The van der Waals surface area contributed by atoms with E-state index in [1.165, 1.54) is 0 Å². The third-order valence-corrected chi connectivity index (χ3v) is 3.36. The van der Waals surface area contributed by atoms with Crippen molar-refractivity contribution in [2.75, 3.05) is 6.54 Å². The van der Waals surface area contributed by atoms with Gasteiger partial charge in [0.25, 0.3) is 0 Å². The molecule has 0 spiro atoms. The first-order chi connectivity index (χ1) is 9.32. The van der Waals surface area contributed by atoms with Crippen molar-refractivity contribution in [1.82, 2.24) is 4.90 Å². The molecule has 0 bridgehead atoms. The van der Waals surface area contributed by atoms with Gasteiger partial charge in [0, 0.05) is 18.0 Å². The molecule has 1 heterocycles. The number of rotatable bonds is 2. The highest BCUT2D eigenvalue weighted by Crippen LogP contribution is 2.35. The number of carboxylic acid groups (broad SMARTS) is 1. The molecule has 20 heavy (non-hydrogen) atoms. The normalized spacial score (nSPS) is 22.1. The molecule has 3 N–H and O–H groups in total. The highest BCUT2D eigenvalue weighted by Gasteiger charge is 2.41. The molecule has 1 aromatic rings. The van der Waals surface area contributed by atoms with E-state index < -0.39 is 47.0 Å². The van der Waals surface area contributed by atoms with E-state index in [1.54, 1.807) is 0 Å². The van der Waals surface area contributed by atoms with E-state index in [4.69, 9.17) is 10.8 Å². The minimum absolute atomic E-state index is 0.182. The van der Waals surface area contributed by atoms with Gasteiger partial charge in [-0.1, -0.05) is 0 Å². The Bertz CT molecular complexity index is 557. The molecule has 5 nitrogen and oxygen atoms in total. The summed E-state index contributed by atoms with van der Waals surface area (Å²) in [5.74, 6) is -5.45. The Hall–Kier alpha value is -2.25. The van der Waals surface area contributed by atoms with E-state index in [0.717, 1.165) is 6.07 Å². The number of carbonyl (C=O) groups excluding carboxylic acids is 1. The summed E-state index contributed by atoms with van der Waals surface area (Å²) in [5, 5.41) is 8.95. The van der Waals surface area contributed by atoms with E-state index in [0.29, 0.717) is 11.0 Å². The fourth-order valence-electron chi connectivity index (χ4n) is 2.44. The van der Waals surface area contributed by atoms with Crippen molar-refractivity contribution in [3.63, 3.8) is 0 Å². The zero-order valence-corrected chi connectivity index (χ0v) is 10.1. The summed E-state index contributed by atoms with van der Waals surface area (Å²) in [7, 11) is 0. The lowest BCUT2D eigenvalue weighted by Crippen LogP contribution is -2.42. The van der Waals surface area contributed by atoms with E-state index >= 15 is 0 Å². The molecule has 1 aliphatic rings. The lowest BCUT2D eigenvalue weighted by Gasteiger charge is -2.17. The van der Waals surface area contributed by atoms with Gasteiger partial charge in [-0.15, -0.1) is 0 Å². The molecule has 1 saturated heterocycles. The zero-order valence-electron chi connectivity index (χ0n) is 10.1. The first-order valence-electron chi connectivity index (χ1n) is 5.75. The van der Waals surface area contributed by atoms with Crippen LogP contribution in [-0.4, -0.2) is 34.6 Å². The molecule has 0 aromatic heterocycles. The quantitative estimate of drug-likeness (QED) is 0.807. The van der Waals surface area contributed by atoms with Gasteiger partial charge in [0.15, 0.2) is 11.6 Å². The molecule has 108 valence electrons. The molecule has 0 radical (unpaired) electrons. The number of hydrogen-bond acceptors (Lipinski definition) is 2. The molecule has 2 rings (SSSR count). The molecule has 0 saturated carbocycles. The molecule has 1 aliphatic heterocycles. The van der Waals surface area contributed by atoms with Crippen molar-refractivity contribution in [3.05, 3.63) is 35.1 Å². The molecule has 2 unspecified atom stereocenters. The number of amides is 2. The Morgan fingerprint density at radius 3 is 2.35 bits per heavy atom. The van der Waals surface area contributed by atoms with Crippen molar-refractivity contribution >= 4 is 12.0 Å². The molecular formula is C12H11F3N2O3. The number of primary amides is 1. The summed E-state index contributed by atoms with van der Waals surface area (Å²) < 4.78 is 40.5. The van der Waals surface area contributed by atoms with Crippen LogP contribution in [0.3, 0.4) is 0 Å². The van der Waals surface area contributed by atoms with Crippen molar-refractivity contribution in [2.24, 2.45) is 5.73 Å². The Labute approximate surface area is 111 Å². The van der Waals surface area contributed by atoms with Crippen LogP contribution in [0.25, 0.3) is 0 Å². The predicted molar refractivity (Wildman–Crippen MR) is 61.4 cm³/mol. The van der Waals surface area contributed by atoms with Crippen molar-refractivity contribution in [2.45, 2.75) is 18.4 Å². The fourth-order valence-corrected chi connectivity index (χ4v) is 2.44. The van der Waals surface area contributed by atoms with E-state index in [1.807, 2.05) is 0 Å². The van der Waals surface area contributed by atoms with E-state index in [9.17, 15) is 22.8 Å². The topological polar surface area (TPSA) is 83.6 Å². The van der Waals surface area contributed by atoms with Crippen LogP contribution in [0.15, 0.2) is 12.1 Å².